The summed E-state index contributed by atoms with van der Waals surface area (Å²) >= 11 is 0. The molecule has 2 aromatic carbocycles. The van der Waals surface area contributed by atoms with E-state index in [9.17, 15) is 20.0 Å². The molecule has 0 saturated heterocycles. The molecule has 0 fully saturated rings. The number of aromatic nitrogens is 1. The zero-order chi connectivity index (χ0) is 23.9. The zero-order valence-electron chi connectivity index (χ0n) is 18.7. The summed E-state index contributed by atoms with van der Waals surface area (Å²) in [5, 5.41) is 21.5. The highest BCUT2D eigenvalue weighted by molar-refractivity contribution is 6.12. The quantitative estimate of drug-likeness (QED) is 0.460. The second-order valence-corrected chi connectivity index (χ2v) is 7.93. The van der Waals surface area contributed by atoms with Gasteiger partial charge in [0.15, 0.2) is 5.76 Å². The Balaban J connectivity index is 1.89. The number of carbonyl (C=O) groups excluding carboxylic acids is 1. The first-order chi connectivity index (χ1) is 15.8. The van der Waals surface area contributed by atoms with Crippen LogP contribution in [0.2, 0.25) is 0 Å². The highest BCUT2D eigenvalue weighted by Crippen LogP contribution is 2.31. The van der Waals surface area contributed by atoms with Gasteiger partial charge in [-0.25, -0.2) is 0 Å². The molecule has 0 aliphatic rings. The van der Waals surface area contributed by atoms with E-state index in [1.54, 1.807) is 38.3 Å². The number of pyridine rings is 1. The summed E-state index contributed by atoms with van der Waals surface area (Å²) in [6, 6.07) is 14.4. The van der Waals surface area contributed by atoms with Crippen molar-refractivity contribution < 1.29 is 19.1 Å². The first kappa shape index (κ1) is 21.9. The molecule has 0 unspecified atom stereocenters. The van der Waals surface area contributed by atoms with E-state index >= 15 is 0 Å². The van der Waals surface area contributed by atoms with Crippen LogP contribution in [0.25, 0.3) is 11.0 Å². The minimum atomic E-state index is -0.670. The number of furan rings is 1. The maximum absolute atomic E-state index is 13.5. The van der Waals surface area contributed by atoms with Gasteiger partial charge in [0, 0.05) is 10.9 Å². The number of benzene rings is 2. The first-order valence-corrected chi connectivity index (χ1v) is 10.3. The number of methoxy groups -OCH3 is 1. The second-order valence-electron chi connectivity index (χ2n) is 7.93. The van der Waals surface area contributed by atoms with Crippen molar-refractivity contribution in [3.63, 3.8) is 0 Å². The molecular formula is C26H22N2O5. The van der Waals surface area contributed by atoms with Crippen LogP contribution < -0.4 is 10.3 Å². The zero-order valence-corrected chi connectivity index (χ0v) is 18.7. The van der Waals surface area contributed by atoms with Crippen LogP contribution >= 0.6 is 0 Å². The molecule has 2 heterocycles. The van der Waals surface area contributed by atoms with Gasteiger partial charge in [0.05, 0.1) is 19.2 Å². The van der Waals surface area contributed by atoms with Gasteiger partial charge in [-0.1, -0.05) is 24.3 Å². The Kier molecular flexibility index (Phi) is 5.52. The lowest BCUT2D eigenvalue weighted by molar-refractivity contribution is 0.101. The fraction of sp³-hybridized carbons (Fsp3) is 0.192. The number of nitriles is 1. The number of ether oxygens (including phenoxy) is 1. The van der Waals surface area contributed by atoms with Crippen molar-refractivity contribution in [1.82, 2.24) is 4.57 Å². The molecule has 0 saturated carbocycles. The Morgan fingerprint density at radius 2 is 1.82 bits per heavy atom. The van der Waals surface area contributed by atoms with E-state index in [1.165, 1.54) is 6.92 Å². The summed E-state index contributed by atoms with van der Waals surface area (Å²) in [5.74, 6) is -0.388. The van der Waals surface area contributed by atoms with E-state index < -0.39 is 17.2 Å². The number of ketones is 1. The molecule has 4 rings (SSSR count). The summed E-state index contributed by atoms with van der Waals surface area (Å²) < 4.78 is 12.0. The molecule has 1 N–H and O–H groups in total. The molecule has 7 nitrogen and oxygen atoms in total. The van der Waals surface area contributed by atoms with Crippen LogP contribution in [-0.2, 0) is 6.54 Å². The molecule has 7 heteroatoms. The third kappa shape index (κ3) is 3.66. The largest absolute Gasteiger partial charge is 0.497 e. The topological polar surface area (TPSA) is 105 Å². The summed E-state index contributed by atoms with van der Waals surface area (Å²) in [4.78, 5) is 26.5. The molecule has 33 heavy (non-hydrogen) atoms. The highest BCUT2D eigenvalue weighted by Gasteiger charge is 2.28. The van der Waals surface area contributed by atoms with Gasteiger partial charge in [-0.05, 0) is 55.7 Å². The van der Waals surface area contributed by atoms with E-state index in [2.05, 4.69) is 0 Å². The van der Waals surface area contributed by atoms with Crippen molar-refractivity contribution in [3.05, 3.63) is 92.0 Å². The summed E-state index contributed by atoms with van der Waals surface area (Å²) in [6.45, 7) is 5.14. The highest BCUT2D eigenvalue weighted by atomic mass is 16.5. The third-order valence-electron chi connectivity index (χ3n) is 5.83. The summed E-state index contributed by atoms with van der Waals surface area (Å²) in [6.07, 6.45) is 0. The smallest absolute Gasteiger partial charge is 0.271 e. The lowest BCUT2D eigenvalue weighted by Crippen LogP contribution is -2.27. The monoisotopic (exact) mass is 442 g/mol. The molecule has 0 aliphatic heterocycles. The third-order valence-corrected chi connectivity index (χ3v) is 5.83. The lowest BCUT2D eigenvalue weighted by Gasteiger charge is -2.15. The summed E-state index contributed by atoms with van der Waals surface area (Å²) in [5.41, 5.74) is 1.97. The predicted octanol–water partition coefficient (Wildman–Crippen LogP) is 4.38. The second kappa shape index (κ2) is 8.32. The molecule has 4 aromatic rings. The van der Waals surface area contributed by atoms with Gasteiger partial charge >= 0.3 is 0 Å². The Labute approximate surface area is 190 Å². The Morgan fingerprint density at radius 1 is 1.12 bits per heavy atom. The van der Waals surface area contributed by atoms with Crippen LogP contribution in [0.5, 0.6) is 11.6 Å². The normalized spacial score (nSPS) is 10.9. The van der Waals surface area contributed by atoms with Crippen molar-refractivity contribution in [2.24, 2.45) is 0 Å². The molecule has 0 radical (unpaired) electrons. The average Bonchev–Trinajstić information content (AvgIpc) is 3.12. The van der Waals surface area contributed by atoms with Gasteiger partial charge < -0.3 is 14.3 Å². The molecule has 0 amide bonds. The van der Waals surface area contributed by atoms with Crippen molar-refractivity contribution in [2.45, 2.75) is 27.3 Å². The number of hydrogen-bond acceptors (Lipinski definition) is 6. The van der Waals surface area contributed by atoms with Crippen LogP contribution in [0.3, 0.4) is 0 Å². The van der Waals surface area contributed by atoms with Crippen LogP contribution in [0.4, 0.5) is 0 Å². The maximum atomic E-state index is 13.5. The van der Waals surface area contributed by atoms with E-state index in [0.717, 1.165) is 15.5 Å². The van der Waals surface area contributed by atoms with Crippen LogP contribution in [0.1, 0.15) is 43.9 Å². The van der Waals surface area contributed by atoms with Gasteiger partial charge in [-0.15, -0.1) is 0 Å². The van der Waals surface area contributed by atoms with Crippen LogP contribution in [0, 0.1) is 32.1 Å². The minimum Gasteiger partial charge on any atom is -0.497 e. The standard InChI is InChI=1S/C26H22N2O5/c1-14-5-10-19-16(3)24(33-21(19)11-14)23(29)22-15(2)20(12-27)25(30)28(26(22)31)13-17-6-8-18(32-4)9-7-17/h5-11,31H,13H2,1-4H3. The van der Waals surface area contributed by atoms with Crippen molar-refractivity contribution in [2.75, 3.05) is 7.11 Å². The van der Waals surface area contributed by atoms with Crippen LogP contribution in [0.15, 0.2) is 51.7 Å². The number of aromatic hydroxyl groups is 1. The molecule has 166 valence electrons. The van der Waals surface area contributed by atoms with Gasteiger partial charge in [-0.3, -0.25) is 14.2 Å². The van der Waals surface area contributed by atoms with Gasteiger partial charge in [0.1, 0.15) is 23.0 Å². The van der Waals surface area contributed by atoms with E-state index in [1.807, 2.05) is 31.2 Å². The Bertz CT molecular complexity index is 1500. The fourth-order valence-corrected chi connectivity index (χ4v) is 3.95. The lowest BCUT2D eigenvalue weighted by atomic mass is 9.98. The number of rotatable bonds is 5. The fourth-order valence-electron chi connectivity index (χ4n) is 3.95. The molecule has 0 bridgehead atoms. The molecule has 0 spiro atoms. The molecule has 0 aliphatic carbocycles. The van der Waals surface area contributed by atoms with E-state index in [4.69, 9.17) is 9.15 Å². The first-order valence-electron chi connectivity index (χ1n) is 10.3. The summed E-state index contributed by atoms with van der Waals surface area (Å²) in [7, 11) is 1.55. The predicted molar refractivity (Wildman–Crippen MR) is 123 cm³/mol. The molecule has 2 aromatic heterocycles. The van der Waals surface area contributed by atoms with E-state index in [-0.39, 0.29) is 29.0 Å². The molecule has 0 atom stereocenters. The number of nitrogens with zero attached hydrogens (tertiary/aromatic N) is 2. The maximum Gasteiger partial charge on any atom is 0.271 e. The molecular weight excluding hydrogens is 420 g/mol. The van der Waals surface area contributed by atoms with E-state index in [0.29, 0.717) is 22.5 Å². The number of carbonyl (C=O) groups is 1. The number of aryl methyl sites for hydroxylation is 2. The SMILES string of the molecule is COc1ccc(Cn2c(O)c(C(=O)c3oc4cc(C)ccc4c3C)c(C)c(C#N)c2=O)cc1. The van der Waals surface area contributed by atoms with Gasteiger partial charge in [-0.2, -0.15) is 5.26 Å². The number of hydrogen-bond donors (Lipinski definition) is 1. The average molecular weight is 442 g/mol. The Morgan fingerprint density at radius 3 is 2.45 bits per heavy atom. The van der Waals surface area contributed by atoms with Gasteiger partial charge in [0.25, 0.3) is 5.56 Å². The number of fused-ring (bicyclic) bond motifs is 1. The van der Waals surface area contributed by atoms with Crippen molar-refractivity contribution in [1.29, 1.82) is 5.26 Å². The van der Waals surface area contributed by atoms with Crippen LogP contribution in [-0.4, -0.2) is 22.6 Å². The van der Waals surface area contributed by atoms with Gasteiger partial charge in [0.2, 0.25) is 11.7 Å². The minimum absolute atomic E-state index is 0.0256. The van der Waals surface area contributed by atoms with Crippen molar-refractivity contribution in [3.8, 4) is 17.7 Å². The Hall–Kier alpha value is -4.31. The van der Waals surface area contributed by atoms with Crippen molar-refractivity contribution >= 4 is 16.8 Å².